The average molecular weight is 324 g/mol. The van der Waals surface area contributed by atoms with E-state index < -0.39 is 6.10 Å². The van der Waals surface area contributed by atoms with Crippen molar-refractivity contribution in [2.45, 2.75) is 36.3 Å². The molecule has 1 aliphatic carbocycles. The number of thioether (sulfide) groups is 1. The summed E-state index contributed by atoms with van der Waals surface area (Å²) >= 11 is 1.69. The van der Waals surface area contributed by atoms with Crippen LogP contribution in [0.2, 0.25) is 0 Å². The predicted molar refractivity (Wildman–Crippen MR) is 84.4 cm³/mol. The number of hydrogen-bond donors (Lipinski definition) is 2. The van der Waals surface area contributed by atoms with Crippen molar-refractivity contribution in [3.05, 3.63) is 29.6 Å². The van der Waals surface area contributed by atoms with Crippen LogP contribution in [0.3, 0.4) is 0 Å². The van der Waals surface area contributed by atoms with E-state index in [2.05, 4.69) is 5.32 Å². The van der Waals surface area contributed by atoms with Gasteiger partial charge < -0.3 is 15.3 Å². The van der Waals surface area contributed by atoms with Crippen molar-refractivity contribution in [3.8, 4) is 0 Å². The van der Waals surface area contributed by atoms with Crippen LogP contribution in [0.1, 0.15) is 30.9 Å². The van der Waals surface area contributed by atoms with E-state index in [1.807, 2.05) is 0 Å². The number of hydrogen-bond acceptors (Lipinski definition) is 3. The van der Waals surface area contributed by atoms with Gasteiger partial charge >= 0.3 is 6.03 Å². The normalized spacial score (nSPS) is 21.9. The van der Waals surface area contributed by atoms with Crippen molar-refractivity contribution in [3.63, 3.8) is 0 Å². The van der Waals surface area contributed by atoms with E-state index in [1.54, 1.807) is 24.9 Å². The fourth-order valence-corrected chi connectivity index (χ4v) is 3.87. The molecule has 1 aromatic carbocycles. The number of aliphatic hydroxyl groups excluding tert-OH is 1. The van der Waals surface area contributed by atoms with Crippen molar-refractivity contribution >= 4 is 17.8 Å². The number of fused-ring (bicyclic) bond motifs is 1. The Hall–Kier alpha value is -1.27. The van der Waals surface area contributed by atoms with Crippen LogP contribution in [0.4, 0.5) is 9.18 Å². The summed E-state index contributed by atoms with van der Waals surface area (Å²) in [5.74, 6) is 0.965. The lowest BCUT2D eigenvalue weighted by atomic mass is 10.0. The first-order valence-corrected chi connectivity index (χ1v) is 8.65. The minimum atomic E-state index is -0.442. The molecule has 2 atom stereocenters. The number of benzene rings is 1. The molecule has 120 valence electrons. The first-order valence-electron chi connectivity index (χ1n) is 7.66. The molecule has 2 amide bonds. The van der Waals surface area contributed by atoms with Gasteiger partial charge in [0.1, 0.15) is 5.82 Å². The fraction of sp³-hybridized carbons (Fsp3) is 0.562. The van der Waals surface area contributed by atoms with E-state index >= 15 is 0 Å². The first kappa shape index (κ1) is 15.6. The Morgan fingerprint density at radius 1 is 1.50 bits per heavy atom. The molecule has 22 heavy (non-hydrogen) atoms. The number of carbonyl (C=O) groups is 1. The second-order valence-corrected chi connectivity index (χ2v) is 7.24. The van der Waals surface area contributed by atoms with Crippen LogP contribution in [0.15, 0.2) is 23.1 Å². The maximum Gasteiger partial charge on any atom is 0.317 e. The molecule has 1 aliphatic heterocycles. The van der Waals surface area contributed by atoms with Gasteiger partial charge in [-0.1, -0.05) is 0 Å². The van der Waals surface area contributed by atoms with Gasteiger partial charge in [-0.15, -0.1) is 11.8 Å². The van der Waals surface area contributed by atoms with Gasteiger partial charge in [0.25, 0.3) is 0 Å². The molecule has 0 radical (unpaired) electrons. The van der Waals surface area contributed by atoms with Crippen molar-refractivity contribution < 1.29 is 14.3 Å². The summed E-state index contributed by atoms with van der Waals surface area (Å²) in [5.41, 5.74) is 0.848. The summed E-state index contributed by atoms with van der Waals surface area (Å²) in [4.78, 5) is 14.8. The van der Waals surface area contributed by atoms with Gasteiger partial charge in [-0.05, 0) is 48.9 Å². The molecule has 0 saturated heterocycles. The van der Waals surface area contributed by atoms with Gasteiger partial charge in [-0.25, -0.2) is 9.18 Å². The number of nitrogens with zero attached hydrogens (tertiary/aromatic N) is 1. The van der Waals surface area contributed by atoms with Gasteiger partial charge in [0, 0.05) is 24.2 Å². The summed E-state index contributed by atoms with van der Waals surface area (Å²) in [5, 5.41) is 12.9. The van der Waals surface area contributed by atoms with E-state index in [0.717, 1.165) is 35.5 Å². The minimum absolute atomic E-state index is 0.167. The standard InChI is InChI=1S/C16H21FN2O2S/c1-19(9-14(20)10-2-3-10)16(21)18-13-6-7-22-15-5-4-11(17)8-12(13)15/h4-5,8,10,13-14,20H,2-3,6-7,9H2,1H3,(H,18,21). The molecule has 1 aromatic rings. The SMILES string of the molecule is CN(CC(O)C1CC1)C(=O)NC1CCSc2ccc(F)cc21. The molecule has 2 aliphatic rings. The van der Waals surface area contributed by atoms with Crippen molar-refractivity contribution in [2.75, 3.05) is 19.3 Å². The minimum Gasteiger partial charge on any atom is -0.391 e. The molecule has 0 bridgehead atoms. The van der Waals surface area contributed by atoms with Crippen LogP contribution >= 0.6 is 11.8 Å². The maximum absolute atomic E-state index is 13.5. The third kappa shape index (κ3) is 3.55. The molecule has 6 heteroatoms. The summed E-state index contributed by atoms with van der Waals surface area (Å²) < 4.78 is 13.5. The first-order chi connectivity index (χ1) is 10.5. The molecular formula is C16H21FN2O2S. The number of carbonyl (C=O) groups excluding carboxylic acids is 1. The fourth-order valence-electron chi connectivity index (χ4n) is 2.77. The van der Waals surface area contributed by atoms with Crippen LogP contribution in [0.5, 0.6) is 0 Å². The lowest BCUT2D eigenvalue weighted by Crippen LogP contribution is -2.43. The zero-order valence-corrected chi connectivity index (χ0v) is 13.4. The highest BCUT2D eigenvalue weighted by atomic mass is 32.2. The summed E-state index contributed by atoms with van der Waals surface area (Å²) in [6.07, 6.45) is 2.43. The second-order valence-electron chi connectivity index (χ2n) is 6.11. The zero-order valence-electron chi connectivity index (χ0n) is 12.6. The summed E-state index contributed by atoms with van der Waals surface area (Å²) in [6, 6.07) is 4.35. The monoisotopic (exact) mass is 324 g/mol. The Kier molecular flexibility index (Phi) is 4.59. The van der Waals surface area contributed by atoms with Crippen molar-refractivity contribution in [1.82, 2.24) is 10.2 Å². The van der Waals surface area contributed by atoms with E-state index in [4.69, 9.17) is 0 Å². The Morgan fingerprint density at radius 3 is 3.00 bits per heavy atom. The van der Waals surface area contributed by atoms with Gasteiger partial charge in [-0.3, -0.25) is 0 Å². The molecule has 2 unspecified atom stereocenters. The number of halogens is 1. The molecule has 0 spiro atoms. The molecular weight excluding hydrogens is 303 g/mol. The van der Waals surface area contributed by atoms with Gasteiger partial charge in [-0.2, -0.15) is 0 Å². The average Bonchev–Trinajstić information content (AvgIpc) is 3.32. The van der Waals surface area contributed by atoms with Gasteiger partial charge in [0.2, 0.25) is 0 Å². The topological polar surface area (TPSA) is 52.6 Å². The van der Waals surface area contributed by atoms with E-state index in [9.17, 15) is 14.3 Å². The van der Waals surface area contributed by atoms with Crippen LogP contribution in [0, 0.1) is 11.7 Å². The number of aliphatic hydroxyl groups is 1. The Morgan fingerprint density at radius 2 is 2.27 bits per heavy atom. The van der Waals surface area contributed by atoms with Crippen LogP contribution in [-0.4, -0.2) is 41.5 Å². The third-order valence-electron chi connectivity index (χ3n) is 4.28. The summed E-state index contributed by atoms with van der Waals surface area (Å²) in [7, 11) is 1.69. The third-order valence-corrected chi connectivity index (χ3v) is 5.41. The van der Waals surface area contributed by atoms with Crippen molar-refractivity contribution in [2.24, 2.45) is 5.92 Å². The van der Waals surface area contributed by atoms with Crippen molar-refractivity contribution in [1.29, 1.82) is 0 Å². The number of rotatable bonds is 4. The number of likely N-dealkylation sites (N-methyl/N-ethyl adjacent to an activating group) is 1. The predicted octanol–water partition coefficient (Wildman–Crippen LogP) is 2.77. The Labute approximate surface area is 134 Å². The molecule has 0 aromatic heterocycles. The van der Waals surface area contributed by atoms with E-state index in [1.165, 1.54) is 17.0 Å². The molecule has 1 heterocycles. The maximum atomic E-state index is 13.5. The highest BCUT2D eigenvalue weighted by Gasteiger charge is 2.31. The van der Waals surface area contributed by atoms with Crippen LogP contribution in [-0.2, 0) is 0 Å². The molecule has 1 fully saturated rings. The smallest absolute Gasteiger partial charge is 0.317 e. The van der Waals surface area contributed by atoms with Crippen LogP contribution < -0.4 is 5.32 Å². The number of nitrogens with one attached hydrogen (secondary N) is 1. The number of urea groups is 1. The molecule has 4 nitrogen and oxygen atoms in total. The highest BCUT2D eigenvalue weighted by molar-refractivity contribution is 7.99. The van der Waals surface area contributed by atoms with Crippen LogP contribution in [0.25, 0.3) is 0 Å². The molecule has 2 N–H and O–H groups in total. The largest absolute Gasteiger partial charge is 0.391 e. The number of amides is 2. The quantitative estimate of drug-likeness (QED) is 0.895. The molecule has 1 saturated carbocycles. The lowest BCUT2D eigenvalue weighted by molar-refractivity contribution is 0.112. The summed E-state index contributed by atoms with van der Waals surface area (Å²) in [6.45, 7) is 0.341. The van der Waals surface area contributed by atoms with Gasteiger partial charge in [0.05, 0.1) is 12.1 Å². The Bertz CT molecular complexity index is 565. The molecule has 3 rings (SSSR count). The van der Waals surface area contributed by atoms with Gasteiger partial charge in [0.15, 0.2) is 0 Å². The van der Waals surface area contributed by atoms with E-state index in [0.29, 0.717) is 12.5 Å². The lowest BCUT2D eigenvalue weighted by Gasteiger charge is -2.29. The van der Waals surface area contributed by atoms with E-state index in [-0.39, 0.29) is 17.9 Å². The Balaban J connectivity index is 1.63. The second kappa shape index (κ2) is 6.46. The zero-order chi connectivity index (χ0) is 15.7. The highest BCUT2D eigenvalue weighted by Crippen LogP contribution is 2.36.